The summed E-state index contributed by atoms with van der Waals surface area (Å²) in [5.41, 5.74) is 0.908. The fourth-order valence-electron chi connectivity index (χ4n) is 1.78. The highest BCUT2D eigenvalue weighted by Gasteiger charge is 2.31. The molecule has 1 heterocycles. The minimum Gasteiger partial charge on any atom is -0.350 e. The van der Waals surface area contributed by atoms with E-state index in [-0.39, 0.29) is 31.5 Å². The van der Waals surface area contributed by atoms with Crippen LogP contribution >= 0.6 is 0 Å². The zero-order valence-corrected chi connectivity index (χ0v) is 10.8. The van der Waals surface area contributed by atoms with Crippen molar-refractivity contribution in [3.63, 3.8) is 0 Å². The number of carbonyl (C=O) groups excluding carboxylic acids is 1. The molecular weight excluding hydrogens is 272 g/mol. The molecule has 0 bridgehead atoms. The molecular formula is C11H14N2O5S. The molecule has 0 aliphatic carbocycles. The maximum atomic E-state index is 11.7. The van der Waals surface area contributed by atoms with Gasteiger partial charge in [-0.05, 0) is 5.56 Å². The Bertz CT molecular complexity index is 539. The second-order valence-corrected chi connectivity index (χ2v) is 5.28. The molecule has 1 aliphatic rings. The van der Waals surface area contributed by atoms with Crippen molar-refractivity contribution in [1.29, 1.82) is 0 Å². The van der Waals surface area contributed by atoms with E-state index in [4.69, 9.17) is 4.55 Å². The average molecular weight is 286 g/mol. The number of carbonyl (C=O) groups is 1. The van der Waals surface area contributed by atoms with Crippen LogP contribution in [-0.2, 0) is 25.9 Å². The molecule has 2 rings (SSSR count). The summed E-state index contributed by atoms with van der Waals surface area (Å²) in [7, 11) is -4.47. The molecule has 1 aliphatic heterocycles. The molecule has 0 atom stereocenters. The van der Waals surface area contributed by atoms with E-state index in [2.05, 4.69) is 9.60 Å². The molecule has 1 fully saturated rings. The van der Waals surface area contributed by atoms with Gasteiger partial charge in [0.2, 0.25) is 5.91 Å². The Morgan fingerprint density at radius 2 is 2.00 bits per heavy atom. The minimum absolute atomic E-state index is 0.136. The second-order valence-electron chi connectivity index (χ2n) is 4.28. The minimum atomic E-state index is -4.47. The van der Waals surface area contributed by atoms with E-state index >= 15 is 0 Å². The van der Waals surface area contributed by atoms with E-state index in [1.807, 2.05) is 30.3 Å². The Balaban J connectivity index is 1.71. The molecule has 1 aromatic rings. The van der Waals surface area contributed by atoms with Crippen LogP contribution in [0.15, 0.2) is 30.3 Å². The fraction of sp³-hybridized carbons (Fsp3) is 0.364. The first kappa shape index (κ1) is 13.9. The van der Waals surface area contributed by atoms with Crippen LogP contribution in [0.25, 0.3) is 0 Å². The van der Waals surface area contributed by atoms with E-state index in [1.54, 1.807) is 0 Å². The molecule has 1 amide bonds. The topological polar surface area (TPSA) is 95.9 Å². The third-order valence-corrected chi connectivity index (χ3v) is 3.02. The lowest BCUT2D eigenvalue weighted by molar-refractivity contribution is -0.138. The van der Waals surface area contributed by atoms with Crippen LogP contribution in [0.1, 0.15) is 5.56 Å². The lowest BCUT2D eigenvalue weighted by Crippen LogP contribution is -2.59. The summed E-state index contributed by atoms with van der Waals surface area (Å²) in [6, 6.07) is 9.12. The highest BCUT2D eigenvalue weighted by Crippen LogP contribution is 2.10. The number of hydrogen-bond acceptors (Lipinski definition) is 5. The molecule has 8 heteroatoms. The molecule has 0 saturated carbocycles. The van der Waals surface area contributed by atoms with Crippen LogP contribution in [0.4, 0.5) is 0 Å². The first-order valence-electron chi connectivity index (χ1n) is 5.67. The molecule has 0 aromatic heterocycles. The van der Waals surface area contributed by atoms with Gasteiger partial charge in [0, 0.05) is 13.1 Å². The standard InChI is InChI=1S/C11H14N2O5S/c14-11(6-9-4-2-1-3-5-9)12-10-7-13(8-10)18-19(15,16)17/h1-5,10H,6-8H2,(H,12,14)(H,15,16,17). The molecule has 0 radical (unpaired) electrons. The largest absolute Gasteiger partial charge is 0.413 e. The number of hydrogen-bond donors (Lipinski definition) is 2. The van der Waals surface area contributed by atoms with Crippen molar-refractivity contribution in [2.75, 3.05) is 13.1 Å². The normalized spacial score (nSPS) is 16.9. The maximum absolute atomic E-state index is 11.7. The Kier molecular flexibility index (Phi) is 4.15. The first-order chi connectivity index (χ1) is 8.92. The predicted octanol–water partition coefficient (Wildman–Crippen LogP) is -0.236. The number of amides is 1. The monoisotopic (exact) mass is 286 g/mol. The summed E-state index contributed by atoms with van der Waals surface area (Å²) in [5, 5.41) is 3.80. The van der Waals surface area contributed by atoms with Gasteiger partial charge in [-0.15, -0.1) is 0 Å². The van der Waals surface area contributed by atoms with Crippen molar-refractivity contribution in [2.24, 2.45) is 0 Å². The van der Waals surface area contributed by atoms with Gasteiger partial charge in [0.25, 0.3) is 0 Å². The lowest BCUT2D eigenvalue weighted by Gasteiger charge is -2.36. The van der Waals surface area contributed by atoms with E-state index in [1.165, 1.54) is 0 Å². The van der Waals surface area contributed by atoms with Crippen molar-refractivity contribution < 1.29 is 22.0 Å². The summed E-state index contributed by atoms with van der Waals surface area (Å²) in [6.45, 7) is 0.445. The SMILES string of the molecule is O=C(Cc1ccccc1)NC1CN(OS(=O)(=O)O)C1. The lowest BCUT2D eigenvalue weighted by atomic mass is 10.1. The summed E-state index contributed by atoms with van der Waals surface area (Å²) >= 11 is 0. The van der Waals surface area contributed by atoms with Gasteiger partial charge in [-0.3, -0.25) is 9.35 Å². The number of benzene rings is 1. The quantitative estimate of drug-likeness (QED) is 0.726. The van der Waals surface area contributed by atoms with Crippen LogP contribution in [0.5, 0.6) is 0 Å². The highest BCUT2D eigenvalue weighted by atomic mass is 32.3. The van der Waals surface area contributed by atoms with Crippen molar-refractivity contribution in [3.05, 3.63) is 35.9 Å². The van der Waals surface area contributed by atoms with Gasteiger partial charge in [-0.2, -0.15) is 17.8 Å². The van der Waals surface area contributed by atoms with Crippen molar-refractivity contribution >= 4 is 16.3 Å². The Morgan fingerprint density at radius 3 is 2.58 bits per heavy atom. The van der Waals surface area contributed by atoms with Crippen molar-refractivity contribution in [2.45, 2.75) is 12.5 Å². The molecule has 1 aromatic carbocycles. The summed E-state index contributed by atoms with van der Waals surface area (Å²) in [5.74, 6) is -0.136. The fourth-order valence-corrected chi connectivity index (χ4v) is 2.17. The Labute approximate surface area is 111 Å². The summed E-state index contributed by atoms with van der Waals surface area (Å²) in [4.78, 5) is 11.7. The van der Waals surface area contributed by atoms with Gasteiger partial charge >= 0.3 is 10.4 Å². The maximum Gasteiger partial charge on any atom is 0.413 e. The van der Waals surface area contributed by atoms with Gasteiger partial charge < -0.3 is 5.32 Å². The molecule has 7 nitrogen and oxygen atoms in total. The molecule has 1 saturated heterocycles. The van der Waals surface area contributed by atoms with Crippen LogP contribution in [0, 0.1) is 0 Å². The molecule has 0 spiro atoms. The van der Waals surface area contributed by atoms with E-state index in [9.17, 15) is 13.2 Å². The molecule has 19 heavy (non-hydrogen) atoms. The number of rotatable bonds is 5. The summed E-state index contributed by atoms with van der Waals surface area (Å²) in [6.07, 6.45) is 0.274. The van der Waals surface area contributed by atoms with Crippen LogP contribution < -0.4 is 5.32 Å². The average Bonchev–Trinajstić information content (AvgIpc) is 2.25. The Morgan fingerprint density at radius 1 is 1.37 bits per heavy atom. The van der Waals surface area contributed by atoms with E-state index < -0.39 is 10.4 Å². The number of hydroxylamine groups is 2. The van der Waals surface area contributed by atoms with E-state index in [0.29, 0.717) is 0 Å². The first-order valence-corrected chi connectivity index (χ1v) is 7.04. The third kappa shape index (κ3) is 4.60. The van der Waals surface area contributed by atoms with Gasteiger partial charge in [-0.25, -0.2) is 0 Å². The van der Waals surface area contributed by atoms with Crippen LogP contribution in [-0.4, -0.2) is 43.1 Å². The van der Waals surface area contributed by atoms with Gasteiger partial charge in [-0.1, -0.05) is 30.3 Å². The predicted molar refractivity (Wildman–Crippen MR) is 66.3 cm³/mol. The summed E-state index contributed by atoms with van der Waals surface area (Å²) < 4.78 is 33.5. The molecule has 0 unspecified atom stereocenters. The zero-order chi connectivity index (χ0) is 13.9. The van der Waals surface area contributed by atoms with Crippen molar-refractivity contribution in [1.82, 2.24) is 10.4 Å². The molecule has 104 valence electrons. The van der Waals surface area contributed by atoms with Crippen molar-refractivity contribution in [3.8, 4) is 0 Å². The molecule has 2 N–H and O–H groups in total. The van der Waals surface area contributed by atoms with Crippen LogP contribution in [0.2, 0.25) is 0 Å². The Hall–Kier alpha value is -1.48. The number of nitrogens with one attached hydrogen (secondary N) is 1. The smallest absolute Gasteiger partial charge is 0.350 e. The third-order valence-electron chi connectivity index (χ3n) is 2.62. The zero-order valence-electron chi connectivity index (χ0n) is 10.0. The second kappa shape index (κ2) is 5.66. The number of nitrogens with zero attached hydrogens (tertiary/aromatic N) is 1. The van der Waals surface area contributed by atoms with Gasteiger partial charge in [0.1, 0.15) is 0 Å². The van der Waals surface area contributed by atoms with Gasteiger partial charge in [0.15, 0.2) is 0 Å². The van der Waals surface area contributed by atoms with Crippen LogP contribution in [0.3, 0.4) is 0 Å². The highest BCUT2D eigenvalue weighted by molar-refractivity contribution is 7.80. The van der Waals surface area contributed by atoms with E-state index in [0.717, 1.165) is 10.6 Å². The van der Waals surface area contributed by atoms with Gasteiger partial charge in [0.05, 0.1) is 12.5 Å².